The molecule has 0 saturated carbocycles. The second-order valence-electron chi connectivity index (χ2n) is 7.17. The second-order valence-corrected chi connectivity index (χ2v) is 7.17. The summed E-state index contributed by atoms with van der Waals surface area (Å²) in [5.41, 5.74) is 1.30. The molecule has 1 fully saturated rings. The van der Waals surface area contributed by atoms with Gasteiger partial charge in [0.05, 0.1) is 25.9 Å². The van der Waals surface area contributed by atoms with Crippen LogP contribution in [0, 0.1) is 0 Å². The Kier molecular flexibility index (Phi) is 9.36. The maximum atomic E-state index is 10.1. The van der Waals surface area contributed by atoms with Gasteiger partial charge in [-0.15, -0.1) is 0 Å². The standard InChI is InChI=1S/C20H34N2O4/c1-17(2)18-3-5-20(6-4-18)26-14-13-25-16-19(24)15-22-9-7-21(8-10-22)11-12-23/h3-6,17,19,23-24H,7-16H2,1-2H3. The lowest BCUT2D eigenvalue weighted by Gasteiger charge is -2.35. The highest BCUT2D eigenvalue weighted by Crippen LogP contribution is 2.18. The second kappa shape index (κ2) is 11.5. The van der Waals surface area contributed by atoms with Crippen LogP contribution in [0.3, 0.4) is 0 Å². The summed E-state index contributed by atoms with van der Waals surface area (Å²) in [4.78, 5) is 4.49. The molecule has 0 aromatic heterocycles. The lowest BCUT2D eigenvalue weighted by molar-refractivity contribution is -0.000763. The zero-order chi connectivity index (χ0) is 18.8. The first-order chi connectivity index (χ1) is 12.6. The lowest BCUT2D eigenvalue weighted by Crippen LogP contribution is -2.49. The molecule has 1 heterocycles. The highest BCUT2D eigenvalue weighted by atomic mass is 16.5. The van der Waals surface area contributed by atoms with Crippen molar-refractivity contribution in [2.75, 3.05) is 65.7 Å². The Morgan fingerprint density at radius 1 is 1.00 bits per heavy atom. The molecule has 1 aliphatic rings. The molecule has 1 unspecified atom stereocenters. The van der Waals surface area contributed by atoms with E-state index >= 15 is 0 Å². The Balaban J connectivity index is 1.53. The molecule has 0 bridgehead atoms. The highest BCUT2D eigenvalue weighted by Gasteiger charge is 2.18. The maximum absolute atomic E-state index is 10.1. The topological polar surface area (TPSA) is 65.4 Å². The van der Waals surface area contributed by atoms with Gasteiger partial charge in [-0.25, -0.2) is 0 Å². The molecule has 1 aromatic rings. The summed E-state index contributed by atoms with van der Waals surface area (Å²) in [5, 5.41) is 19.1. The van der Waals surface area contributed by atoms with Crippen LogP contribution in [0.15, 0.2) is 24.3 Å². The Bertz CT molecular complexity index is 487. The molecule has 2 N–H and O–H groups in total. The van der Waals surface area contributed by atoms with Gasteiger partial charge in [-0.2, -0.15) is 0 Å². The molecule has 0 radical (unpaired) electrons. The first-order valence-electron chi connectivity index (χ1n) is 9.62. The van der Waals surface area contributed by atoms with E-state index in [4.69, 9.17) is 14.6 Å². The smallest absolute Gasteiger partial charge is 0.119 e. The van der Waals surface area contributed by atoms with Crippen molar-refractivity contribution in [1.82, 2.24) is 9.80 Å². The van der Waals surface area contributed by atoms with Gasteiger partial charge in [0.25, 0.3) is 0 Å². The summed E-state index contributed by atoms with van der Waals surface area (Å²) in [7, 11) is 0. The van der Waals surface area contributed by atoms with E-state index < -0.39 is 6.10 Å². The van der Waals surface area contributed by atoms with Crippen LogP contribution >= 0.6 is 0 Å². The van der Waals surface area contributed by atoms with Crippen LogP contribution in [0.5, 0.6) is 5.75 Å². The van der Waals surface area contributed by atoms with Crippen LogP contribution < -0.4 is 4.74 Å². The van der Waals surface area contributed by atoms with Gasteiger partial charge in [0, 0.05) is 39.3 Å². The van der Waals surface area contributed by atoms with E-state index in [0.717, 1.165) is 38.5 Å². The van der Waals surface area contributed by atoms with Crippen LogP contribution in [-0.4, -0.2) is 91.8 Å². The molecule has 0 spiro atoms. The fourth-order valence-corrected chi connectivity index (χ4v) is 3.07. The molecule has 26 heavy (non-hydrogen) atoms. The zero-order valence-corrected chi connectivity index (χ0v) is 16.1. The van der Waals surface area contributed by atoms with Gasteiger partial charge >= 0.3 is 0 Å². The van der Waals surface area contributed by atoms with Crippen LogP contribution in [0.2, 0.25) is 0 Å². The number of rotatable bonds is 11. The molecule has 1 saturated heterocycles. The predicted octanol–water partition coefficient (Wildman–Crippen LogP) is 1.18. The maximum Gasteiger partial charge on any atom is 0.119 e. The van der Waals surface area contributed by atoms with Crippen LogP contribution in [0.1, 0.15) is 25.3 Å². The number of hydrogen-bond acceptors (Lipinski definition) is 6. The summed E-state index contributed by atoms with van der Waals surface area (Å²) >= 11 is 0. The minimum atomic E-state index is -0.482. The third-order valence-electron chi connectivity index (χ3n) is 4.70. The van der Waals surface area contributed by atoms with Gasteiger partial charge in [-0.3, -0.25) is 9.80 Å². The van der Waals surface area contributed by atoms with Crippen molar-refractivity contribution in [3.8, 4) is 5.75 Å². The first kappa shape index (κ1) is 21.1. The van der Waals surface area contributed by atoms with E-state index in [1.807, 2.05) is 12.1 Å². The van der Waals surface area contributed by atoms with Crippen molar-refractivity contribution in [3.05, 3.63) is 29.8 Å². The third kappa shape index (κ3) is 7.60. The Morgan fingerprint density at radius 2 is 1.65 bits per heavy atom. The Morgan fingerprint density at radius 3 is 2.27 bits per heavy atom. The van der Waals surface area contributed by atoms with Gasteiger partial charge in [-0.05, 0) is 23.6 Å². The monoisotopic (exact) mass is 366 g/mol. The average Bonchev–Trinajstić information content (AvgIpc) is 2.63. The van der Waals surface area contributed by atoms with Gasteiger partial charge in [0.1, 0.15) is 12.4 Å². The number of benzene rings is 1. The molecule has 1 aliphatic heterocycles. The molecule has 148 valence electrons. The van der Waals surface area contributed by atoms with E-state index in [1.54, 1.807) is 0 Å². The lowest BCUT2D eigenvalue weighted by atomic mass is 10.0. The minimum Gasteiger partial charge on any atom is -0.491 e. The van der Waals surface area contributed by atoms with E-state index in [0.29, 0.717) is 32.3 Å². The number of aliphatic hydroxyl groups is 2. The fraction of sp³-hybridized carbons (Fsp3) is 0.700. The molecule has 1 atom stereocenters. The number of hydrogen-bond donors (Lipinski definition) is 2. The average molecular weight is 367 g/mol. The van der Waals surface area contributed by atoms with Crippen molar-refractivity contribution < 1.29 is 19.7 Å². The predicted molar refractivity (Wildman–Crippen MR) is 103 cm³/mol. The molecule has 6 nitrogen and oxygen atoms in total. The third-order valence-corrected chi connectivity index (χ3v) is 4.70. The number of aliphatic hydroxyl groups excluding tert-OH is 2. The molecule has 1 aromatic carbocycles. The van der Waals surface area contributed by atoms with Gasteiger partial charge in [-0.1, -0.05) is 26.0 Å². The first-order valence-corrected chi connectivity index (χ1v) is 9.62. The fourth-order valence-electron chi connectivity index (χ4n) is 3.07. The van der Waals surface area contributed by atoms with E-state index in [-0.39, 0.29) is 6.61 Å². The van der Waals surface area contributed by atoms with Crippen LogP contribution in [-0.2, 0) is 4.74 Å². The van der Waals surface area contributed by atoms with Crippen LogP contribution in [0.25, 0.3) is 0 Å². The summed E-state index contributed by atoms with van der Waals surface area (Å²) in [6.07, 6.45) is -0.482. The van der Waals surface area contributed by atoms with E-state index in [1.165, 1.54) is 5.56 Å². The van der Waals surface area contributed by atoms with Crippen molar-refractivity contribution in [3.63, 3.8) is 0 Å². The summed E-state index contributed by atoms with van der Waals surface area (Å²) in [6.45, 7) is 10.9. The molecular weight excluding hydrogens is 332 g/mol. The van der Waals surface area contributed by atoms with Crippen molar-refractivity contribution in [2.45, 2.75) is 25.9 Å². The SMILES string of the molecule is CC(C)c1ccc(OCCOCC(O)CN2CCN(CCO)CC2)cc1. The minimum absolute atomic E-state index is 0.209. The molecule has 0 amide bonds. The Hall–Kier alpha value is -1.18. The normalized spacial score (nSPS) is 17.6. The summed E-state index contributed by atoms with van der Waals surface area (Å²) < 4.78 is 11.2. The summed E-state index contributed by atoms with van der Waals surface area (Å²) in [5.74, 6) is 1.37. The number of nitrogens with zero attached hydrogens (tertiary/aromatic N) is 2. The highest BCUT2D eigenvalue weighted by molar-refractivity contribution is 5.28. The quantitative estimate of drug-likeness (QED) is 0.574. The van der Waals surface area contributed by atoms with Crippen molar-refractivity contribution in [2.24, 2.45) is 0 Å². The van der Waals surface area contributed by atoms with E-state index in [9.17, 15) is 5.11 Å². The van der Waals surface area contributed by atoms with Crippen LogP contribution in [0.4, 0.5) is 0 Å². The zero-order valence-electron chi connectivity index (χ0n) is 16.1. The summed E-state index contributed by atoms with van der Waals surface area (Å²) in [6, 6.07) is 8.15. The number of ether oxygens (including phenoxy) is 2. The molecule has 6 heteroatoms. The van der Waals surface area contributed by atoms with Gasteiger partial charge in [0.2, 0.25) is 0 Å². The number of β-amino-alcohol motifs (C(OH)–C–C–N with tert-alkyl or cyclic N) is 2. The van der Waals surface area contributed by atoms with E-state index in [2.05, 4.69) is 35.8 Å². The molecular formula is C20H34N2O4. The Labute approximate surface area is 157 Å². The van der Waals surface area contributed by atoms with Crippen molar-refractivity contribution in [1.29, 1.82) is 0 Å². The number of piperazine rings is 1. The van der Waals surface area contributed by atoms with Gasteiger partial charge in [0.15, 0.2) is 0 Å². The molecule has 2 rings (SSSR count). The largest absolute Gasteiger partial charge is 0.491 e. The van der Waals surface area contributed by atoms with Gasteiger partial charge < -0.3 is 19.7 Å². The van der Waals surface area contributed by atoms with Crippen molar-refractivity contribution >= 4 is 0 Å². The molecule has 0 aliphatic carbocycles.